The molecule has 1 aromatic heterocycles. The number of carbonyl (C=O) groups is 4. The smallest absolute Gasteiger partial charge is 0.321 e. The molecule has 0 saturated heterocycles. The molecule has 0 aliphatic heterocycles. The van der Waals surface area contributed by atoms with Crippen LogP contribution < -0.4 is 16.4 Å². The van der Waals surface area contributed by atoms with E-state index in [1.807, 2.05) is 0 Å². The lowest BCUT2D eigenvalue weighted by atomic mass is 10.0. The average Bonchev–Trinajstić information content (AvgIpc) is 2.98. The largest absolute Gasteiger partial charge is 0.413 e. The molecule has 45 heavy (non-hydrogen) atoms. The van der Waals surface area contributed by atoms with Crippen LogP contribution in [0.25, 0.3) is 11.1 Å². The average molecular weight is 669 g/mol. The van der Waals surface area contributed by atoms with Gasteiger partial charge in [-0.1, -0.05) is 53.5 Å². The van der Waals surface area contributed by atoms with Crippen molar-refractivity contribution in [2.75, 3.05) is 37.5 Å². The number of hydrogen-bond donors (Lipinski definition) is 3. The van der Waals surface area contributed by atoms with Crippen LogP contribution in [0.3, 0.4) is 0 Å². The Morgan fingerprint density at radius 1 is 0.889 bits per heavy atom. The van der Waals surface area contributed by atoms with Gasteiger partial charge in [0, 0.05) is 23.0 Å². The van der Waals surface area contributed by atoms with Crippen molar-refractivity contribution in [3.63, 3.8) is 0 Å². The Hall–Kier alpha value is -4.62. The van der Waals surface area contributed by atoms with E-state index in [4.69, 9.17) is 28.9 Å². The number of nitrogens with one attached hydrogen (secondary N) is 2. The molecule has 14 heteroatoms. The number of hydrogen-bond acceptors (Lipinski definition) is 6. The third-order valence-electron chi connectivity index (χ3n) is 6.60. The molecule has 1 atom stereocenters. The number of urea groups is 1. The number of quaternary nitrogens is 1. The second-order valence-corrected chi connectivity index (χ2v) is 13.6. The van der Waals surface area contributed by atoms with Crippen LogP contribution in [0.1, 0.15) is 20.7 Å². The van der Waals surface area contributed by atoms with Crippen LogP contribution in [0.2, 0.25) is 10.0 Å². The fourth-order valence-corrected chi connectivity index (χ4v) is 5.92. The Morgan fingerprint density at radius 3 is 2.20 bits per heavy atom. The molecular formula is C31H29Cl2N6O5S+. The minimum atomic E-state index is -3.22. The highest BCUT2D eigenvalue weighted by atomic mass is 35.5. The fraction of sp³-hybridized carbons (Fsp3) is 0.129. The standard InChI is InChI=1S/C31H28Cl2N6O5S/c1-39(2,31(34)43)18-28(40)38-45(3,44)26-7-5-4-6-23(26)19-8-10-20(11-9-19)29(41)36-25-14-12-21(32)16-24(25)30(42)37-27-15-13-22(33)17-35-27/h4-17H,18H2,1-3H3,(H3-,34,35,36,37,41,42,43)/p+1. The van der Waals surface area contributed by atoms with Gasteiger partial charge in [0.2, 0.25) is 0 Å². The zero-order chi connectivity index (χ0) is 32.9. The summed E-state index contributed by atoms with van der Waals surface area (Å²) < 4.78 is 17.1. The Bertz CT molecular complexity index is 1920. The van der Waals surface area contributed by atoms with Gasteiger partial charge in [-0.05, 0) is 59.7 Å². The molecule has 4 rings (SSSR count). The first kappa shape index (κ1) is 33.3. The lowest BCUT2D eigenvalue weighted by molar-refractivity contribution is -0.798. The number of primary amides is 1. The van der Waals surface area contributed by atoms with E-state index in [2.05, 4.69) is 20.0 Å². The molecule has 4 aromatic rings. The van der Waals surface area contributed by atoms with E-state index >= 15 is 0 Å². The molecule has 0 aliphatic rings. The summed E-state index contributed by atoms with van der Waals surface area (Å²) in [5.41, 5.74) is 7.12. The van der Waals surface area contributed by atoms with E-state index in [9.17, 15) is 23.4 Å². The first-order valence-corrected chi connectivity index (χ1v) is 16.0. The monoisotopic (exact) mass is 667 g/mol. The molecule has 0 radical (unpaired) electrons. The molecular weight excluding hydrogens is 639 g/mol. The third-order valence-corrected chi connectivity index (χ3v) is 8.78. The number of anilines is 2. The maximum atomic E-state index is 13.6. The summed E-state index contributed by atoms with van der Waals surface area (Å²) in [6.07, 6.45) is 2.73. The Balaban J connectivity index is 1.56. The number of nitrogens with zero attached hydrogens (tertiary/aromatic N) is 3. The number of likely N-dealkylation sites (N-methyl/N-ethyl adjacent to an activating group) is 1. The SMILES string of the molecule is C[N+](C)(CC(=O)N=S(C)(=O)c1ccccc1-c1ccc(C(=O)Nc2ccc(Cl)cc2C(=O)Nc2ccc(Cl)cn2)cc1)C(N)=O. The zero-order valence-electron chi connectivity index (χ0n) is 24.4. The predicted octanol–water partition coefficient (Wildman–Crippen LogP) is 5.70. The summed E-state index contributed by atoms with van der Waals surface area (Å²) in [5.74, 6) is -1.50. The number of aromatic nitrogens is 1. The van der Waals surface area contributed by atoms with Gasteiger partial charge >= 0.3 is 11.9 Å². The number of pyridine rings is 1. The van der Waals surface area contributed by atoms with Gasteiger partial charge in [-0.15, -0.1) is 0 Å². The number of amides is 5. The fourth-order valence-electron chi connectivity index (χ4n) is 4.17. The summed E-state index contributed by atoms with van der Waals surface area (Å²) in [6, 6.07) is 20.1. The first-order chi connectivity index (χ1) is 21.2. The van der Waals surface area contributed by atoms with Crippen molar-refractivity contribution in [2.24, 2.45) is 10.1 Å². The van der Waals surface area contributed by atoms with Gasteiger partial charge in [-0.2, -0.15) is 4.36 Å². The zero-order valence-corrected chi connectivity index (χ0v) is 26.7. The highest BCUT2D eigenvalue weighted by molar-refractivity contribution is 7.93. The van der Waals surface area contributed by atoms with Crippen molar-refractivity contribution in [1.29, 1.82) is 0 Å². The van der Waals surface area contributed by atoms with Crippen molar-refractivity contribution in [3.05, 3.63) is 106 Å². The van der Waals surface area contributed by atoms with E-state index in [-0.39, 0.29) is 29.2 Å². The molecule has 11 nitrogen and oxygen atoms in total. The second kappa shape index (κ2) is 13.6. The van der Waals surface area contributed by atoms with Crippen LogP contribution in [0.5, 0.6) is 0 Å². The molecule has 1 unspecified atom stereocenters. The van der Waals surface area contributed by atoms with E-state index < -0.39 is 38.0 Å². The van der Waals surface area contributed by atoms with E-state index in [1.165, 1.54) is 44.7 Å². The Labute approximate surface area is 270 Å². The molecule has 232 valence electrons. The summed E-state index contributed by atoms with van der Waals surface area (Å²) in [6.45, 7) is -0.346. The molecule has 1 heterocycles. The highest BCUT2D eigenvalue weighted by Gasteiger charge is 2.28. The van der Waals surface area contributed by atoms with Crippen molar-refractivity contribution >= 4 is 68.2 Å². The maximum absolute atomic E-state index is 13.6. The van der Waals surface area contributed by atoms with Crippen molar-refractivity contribution < 1.29 is 27.9 Å². The quantitative estimate of drug-likeness (QED) is 0.204. The molecule has 0 saturated carbocycles. The molecule has 3 aromatic carbocycles. The topological polar surface area (TPSA) is 161 Å². The number of benzene rings is 3. The molecule has 5 amide bonds. The normalized spacial score (nSPS) is 12.5. The summed E-state index contributed by atoms with van der Waals surface area (Å²) >= 11 is 12.0. The number of carbonyl (C=O) groups excluding carboxylic acids is 4. The number of halogens is 2. The van der Waals surface area contributed by atoms with Crippen molar-refractivity contribution in [1.82, 2.24) is 4.98 Å². The van der Waals surface area contributed by atoms with Gasteiger partial charge in [0.05, 0.1) is 45.0 Å². The van der Waals surface area contributed by atoms with Crippen LogP contribution in [0.15, 0.2) is 94.3 Å². The molecule has 4 N–H and O–H groups in total. The second-order valence-electron chi connectivity index (χ2n) is 10.5. The molecule has 0 spiro atoms. The van der Waals surface area contributed by atoms with E-state index in [1.54, 1.807) is 60.7 Å². The van der Waals surface area contributed by atoms with Gasteiger partial charge in [0.1, 0.15) is 5.82 Å². The molecule has 0 aliphatic carbocycles. The van der Waals surface area contributed by atoms with Gasteiger partial charge < -0.3 is 16.4 Å². The lowest BCUT2D eigenvalue weighted by Gasteiger charge is -2.22. The highest BCUT2D eigenvalue weighted by Crippen LogP contribution is 2.29. The predicted molar refractivity (Wildman–Crippen MR) is 175 cm³/mol. The van der Waals surface area contributed by atoms with Gasteiger partial charge in [-0.25, -0.2) is 18.5 Å². The van der Waals surface area contributed by atoms with Crippen molar-refractivity contribution in [2.45, 2.75) is 4.90 Å². The number of nitrogens with two attached hydrogens (primary N) is 1. The van der Waals surface area contributed by atoms with Gasteiger partial charge in [0.25, 0.3) is 11.8 Å². The molecule has 0 fully saturated rings. The van der Waals surface area contributed by atoms with Crippen LogP contribution in [0, 0.1) is 0 Å². The van der Waals surface area contributed by atoms with Gasteiger partial charge in [0.15, 0.2) is 6.54 Å². The van der Waals surface area contributed by atoms with Gasteiger partial charge in [-0.3, -0.25) is 14.4 Å². The van der Waals surface area contributed by atoms with Crippen LogP contribution in [-0.4, -0.2) is 64.3 Å². The van der Waals surface area contributed by atoms with Crippen LogP contribution in [0.4, 0.5) is 16.3 Å². The van der Waals surface area contributed by atoms with Crippen LogP contribution in [-0.2, 0) is 14.5 Å². The Kier molecular flexibility index (Phi) is 10.0. The third kappa shape index (κ3) is 8.31. The Morgan fingerprint density at radius 2 is 1.56 bits per heavy atom. The minimum absolute atomic E-state index is 0.118. The molecule has 0 bridgehead atoms. The van der Waals surface area contributed by atoms with Crippen molar-refractivity contribution in [3.8, 4) is 11.1 Å². The summed E-state index contributed by atoms with van der Waals surface area (Å²) in [7, 11) is -0.303. The first-order valence-electron chi connectivity index (χ1n) is 13.3. The minimum Gasteiger partial charge on any atom is -0.321 e. The summed E-state index contributed by atoms with van der Waals surface area (Å²) in [5, 5.41) is 6.09. The van der Waals surface area contributed by atoms with Crippen LogP contribution >= 0.6 is 23.2 Å². The number of rotatable bonds is 8. The summed E-state index contributed by atoms with van der Waals surface area (Å²) in [4.78, 5) is 54.8. The van der Waals surface area contributed by atoms with E-state index in [0.717, 1.165) is 0 Å². The maximum Gasteiger partial charge on any atom is 0.413 e. The van der Waals surface area contributed by atoms with E-state index in [0.29, 0.717) is 26.1 Å². The lowest BCUT2D eigenvalue weighted by Crippen LogP contribution is -2.51.